The summed E-state index contributed by atoms with van der Waals surface area (Å²) >= 11 is 0. The molecular formula is C20H21FN4O5S. The first-order valence-electron chi connectivity index (χ1n) is 9.24. The van der Waals surface area contributed by atoms with Gasteiger partial charge in [-0.05, 0) is 60.9 Å². The van der Waals surface area contributed by atoms with E-state index in [1.807, 2.05) is 0 Å². The standard InChI is InChI=1S/C20H21FN4O5S/c1-10-4-9-15(21)16(11(10)2)12(3)17(19-23-24-20(27)30-19)25-31(28,29)14-7-5-13(6-8-14)18(22)26/h4-9,12,17,25H,1-3H3,(H2,22,26)(H,24,27). The molecule has 0 aliphatic heterocycles. The van der Waals surface area contributed by atoms with Crippen molar-refractivity contribution in [1.29, 1.82) is 0 Å². The van der Waals surface area contributed by atoms with Crippen LogP contribution in [0.3, 0.4) is 0 Å². The number of nitrogens with two attached hydrogens (primary N) is 1. The highest BCUT2D eigenvalue weighted by molar-refractivity contribution is 7.89. The van der Waals surface area contributed by atoms with Gasteiger partial charge >= 0.3 is 5.76 Å². The molecule has 4 N–H and O–H groups in total. The third kappa shape index (κ3) is 4.57. The Bertz CT molecular complexity index is 1280. The number of nitrogens with zero attached hydrogens (tertiary/aromatic N) is 1. The number of carbonyl (C=O) groups is 1. The van der Waals surface area contributed by atoms with Gasteiger partial charge in [-0.1, -0.05) is 13.0 Å². The molecule has 1 aromatic heterocycles. The Morgan fingerprint density at radius 3 is 2.39 bits per heavy atom. The number of aromatic amines is 1. The Morgan fingerprint density at radius 1 is 1.19 bits per heavy atom. The third-order valence-electron chi connectivity index (χ3n) is 5.14. The molecule has 0 bridgehead atoms. The van der Waals surface area contributed by atoms with Crippen LogP contribution in [-0.4, -0.2) is 24.5 Å². The SMILES string of the molecule is Cc1ccc(F)c(C(C)C(NS(=O)(=O)c2ccc(C(N)=O)cc2)c2n[nH]c(=O)o2)c1C. The molecule has 0 fully saturated rings. The van der Waals surface area contributed by atoms with Gasteiger partial charge in [-0.25, -0.2) is 22.7 Å². The number of carbonyl (C=O) groups excluding carboxylic acids is 1. The number of hydrogen-bond donors (Lipinski definition) is 3. The number of H-pyrrole nitrogens is 1. The fourth-order valence-electron chi connectivity index (χ4n) is 3.30. The number of hydrogen-bond acceptors (Lipinski definition) is 6. The summed E-state index contributed by atoms with van der Waals surface area (Å²) in [5.41, 5.74) is 7.04. The van der Waals surface area contributed by atoms with E-state index < -0.39 is 39.5 Å². The summed E-state index contributed by atoms with van der Waals surface area (Å²) in [4.78, 5) is 22.6. The van der Waals surface area contributed by atoms with E-state index in [0.29, 0.717) is 5.56 Å². The molecule has 11 heteroatoms. The molecule has 1 heterocycles. The number of benzene rings is 2. The smallest absolute Gasteiger partial charge is 0.391 e. The minimum atomic E-state index is -4.17. The lowest BCUT2D eigenvalue weighted by Crippen LogP contribution is -2.33. The zero-order valence-electron chi connectivity index (χ0n) is 17.0. The van der Waals surface area contributed by atoms with Crippen molar-refractivity contribution in [2.24, 2.45) is 5.73 Å². The van der Waals surface area contributed by atoms with E-state index in [9.17, 15) is 22.4 Å². The van der Waals surface area contributed by atoms with Crippen LogP contribution in [0.5, 0.6) is 0 Å². The van der Waals surface area contributed by atoms with Crippen LogP contribution in [-0.2, 0) is 10.0 Å². The molecule has 9 nitrogen and oxygen atoms in total. The zero-order valence-corrected chi connectivity index (χ0v) is 17.8. The number of halogens is 1. The van der Waals surface area contributed by atoms with Gasteiger partial charge in [0.15, 0.2) is 0 Å². The molecule has 2 unspecified atom stereocenters. The van der Waals surface area contributed by atoms with Gasteiger partial charge in [-0.15, -0.1) is 5.10 Å². The quantitative estimate of drug-likeness (QED) is 0.504. The second kappa shape index (κ2) is 8.44. The molecule has 164 valence electrons. The van der Waals surface area contributed by atoms with Crippen molar-refractivity contribution >= 4 is 15.9 Å². The predicted molar refractivity (Wildman–Crippen MR) is 109 cm³/mol. The maximum Gasteiger partial charge on any atom is 0.434 e. The van der Waals surface area contributed by atoms with Gasteiger partial charge in [0.1, 0.15) is 11.9 Å². The number of nitrogens with one attached hydrogen (secondary N) is 2. The van der Waals surface area contributed by atoms with Crippen molar-refractivity contribution in [1.82, 2.24) is 14.9 Å². The molecule has 0 radical (unpaired) electrons. The van der Waals surface area contributed by atoms with Gasteiger partial charge < -0.3 is 10.2 Å². The van der Waals surface area contributed by atoms with Crippen LogP contribution in [0.1, 0.15) is 51.8 Å². The van der Waals surface area contributed by atoms with Crippen molar-refractivity contribution in [2.45, 2.75) is 37.6 Å². The predicted octanol–water partition coefficient (Wildman–Crippen LogP) is 2.04. The number of amides is 1. The monoisotopic (exact) mass is 448 g/mol. The molecule has 0 aliphatic carbocycles. The summed E-state index contributed by atoms with van der Waals surface area (Å²) in [6, 6.07) is 6.68. The summed E-state index contributed by atoms with van der Waals surface area (Å²) in [6.07, 6.45) is 0. The van der Waals surface area contributed by atoms with E-state index in [4.69, 9.17) is 10.2 Å². The summed E-state index contributed by atoms with van der Waals surface area (Å²) in [7, 11) is -4.17. The zero-order chi connectivity index (χ0) is 22.9. The lowest BCUT2D eigenvalue weighted by Gasteiger charge is -2.25. The van der Waals surface area contributed by atoms with Gasteiger partial charge in [-0.2, -0.15) is 4.72 Å². The van der Waals surface area contributed by atoms with Crippen molar-refractivity contribution in [3.63, 3.8) is 0 Å². The van der Waals surface area contributed by atoms with E-state index in [1.165, 1.54) is 30.3 Å². The Hall–Kier alpha value is -3.31. The van der Waals surface area contributed by atoms with Crippen LogP contribution >= 0.6 is 0 Å². The second-order valence-electron chi connectivity index (χ2n) is 7.13. The molecule has 2 aromatic carbocycles. The van der Waals surface area contributed by atoms with Crippen LogP contribution < -0.4 is 16.2 Å². The minimum Gasteiger partial charge on any atom is -0.391 e. The molecule has 0 spiro atoms. The number of rotatable bonds is 7. The lowest BCUT2D eigenvalue weighted by molar-refractivity contribution is 0.1000. The number of aromatic nitrogens is 2. The molecule has 31 heavy (non-hydrogen) atoms. The molecule has 0 aliphatic rings. The molecule has 3 aromatic rings. The maximum absolute atomic E-state index is 14.7. The van der Waals surface area contributed by atoms with Gasteiger partial charge in [0.25, 0.3) is 0 Å². The summed E-state index contributed by atoms with van der Waals surface area (Å²) < 4.78 is 48.1. The van der Waals surface area contributed by atoms with Crippen LogP contribution in [0.25, 0.3) is 0 Å². The van der Waals surface area contributed by atoms with Crippen LogP contribution in [0.4, 0.5) is 4.39 Å². The average molecular weight is 448 g/mol. The molecular weight excluding hydrogens is 427 g/mol. The average Bonchev–Trinajstić information content (AvgIpc) is 3.15. The fraction of sp³-hybridized carbons (Fsp3) is 0.250. The number of sulfonamides is 1. The number of aryl methyl sites for hydroxylation is 1. The van der Waals surface area contributed by atoms with E-state index in [0.717, 1.165) is 5.56 Å². The first kappa shape index (κ1) is 22.4. The van der Waals surface area contributed by atoms with Gasteiger partial charge in [0.2, 0.25) is 21.8 Å². The molecule has 3 rings (SSSR count). The highest BCUT2D eigenvalue weighted by atomic mass is 32.2. The van der Waals surface area contributed by atoms with Gasteiger partial charge in [0.05, 0.1) is 4.90 Å². The minimum absolute atomic E-state index is 0.139. The van der Waals surface area contributed by atoms with Crippen molar-refractivity contribution in [2.75, 3.05) is 0 Å². The highest BCUT2D eigenvalue weighted by Crippen LogP contribution is 2.35. The summed E-state index contributed by atoms with van der Waals surface area (Å²) in [6.45, 7) is 5.13. The molecule has 0 saturated carbocycles. The normalized spacial score (nSPS) is 13.7. The Balaban J connectivity index is 2.05. The lowest BCUT2D eigenvalue weighted by atomic mass is 9.88. The topological polar surface area (TPSA) is 148 Å². The second-order valence-corrected chi connectivity index (χ2v) is 8.84. The first-order chi connectivity index (χ1) is 14.5. The van der Waals surface area contributed by atoms with Crippen LogP contribution in [0.2, 0.25) is 0 Å². The molecule has 1 amide bonds. The largest absolute Gasteiger partial charge is 0.434 e. The van der Waals surface area contributed by atoms with E-state index in [1.54, 1.807) is 26.8 Å². The van der Waals surface area contributed by atoms with Crippen molar-refractivity contribution in [3.05, 3.63) is 80.9 Å². The Labute approximate surface area is 177 Å². The third-order valence-corrected chi connectivity index (χ3v) is 6.60. The fourth-order valence-corrected chi connectivity index (χ4v) is 4.57. The van der Waals surface area contributed by atoms with E-state index in [-0.39, 0.29) is 21.9 Å². The molecule has 2 atom stereocenters. The molecule has 0 saturated heterocycles. The first-order valence-corrected chi connectivity index (χ1v) is 10.7. The summed E-state index contributed by atoms with van der Waals surface area (Å²) in [5.74, 6) is -3.13. The number of primary amides is 1. The summed E-state index contributed by atoms with van der Waals surface area (Å²) in [5, 5.41) is 5.83. The van der Waals surface area contributed by atoms with Gasteiger partial charge in [0, 0.05) is 11.5 Å². The Morgan fingerprint density at radius 2 is 1.84 bits per heavy atom. The Kier molecular flexibility index (Phi) is 6.09. The van der Waals surface area contributed by atoms with E-state index in [2.05, 4.69) is 14.9 Å². The van der Waals surface area contributed by atoms with E-state index >= 15 is 0 Å². The van der Waals surface area contributed by atoms with Crippen LogP contribution in [0, 0.1) is 19.7 Å². The van der Waals surface area contributed by atoms with Crippen molar-refractivity contribution < 1.29 is 22.0 Å². The maximum atomic E-state index is 14.7. The van der Waals surface area contributed by atoms with Crippen LogP contribution in [0.15, 0.2) is 50.5 Å². The van der Waals surface area contributed by atoms with Crippen molar-refractivity contribution in [3.8, 4) is 0 Å². The highest BCUT2D eigenvalue weighted by Gasteiger charge is 2.33. The van der Waals surface area contributed by atoms with Gasteiger partial charge in [-0.3, -0.25) is 4.79 Å².